The molecule has 3 amide bonds. The van der Waals surface area contributed by atoms with Gasteiger partial charge in [-0.3, -0.25) is 19.6 Å². The van der Waals surface area contributed by atoms with Crippen molar-refractivity contribution in [3.63, 3.8) is 0 Å². The van der Waals surface area contributed by atoms with E-state index in [9.17, 15) is 24.6 Å². The van der Waals surface area contributed by atoms with E-state index in [4.69, 9.17) is 5.21 Å². The monoisotopic (exact) mass is 455 g/mol. The van der Waals surface area contributed by atoms with Crippen molar-refractivity contribution in [3.05, 3.63) is 59.7 Å². The van der Waals surface area contributed by atoms with Crippen LogP contribution in [0.3, 0.4) is 0 Å². The van der Waals surface area contributed by atoms with E-state index in [2.05, 4.69) is 24.4 Å². The Labute approximate surface area is 192 Å². The standard InChI is InChI=1S/C24H29N3O6/c1-3-15-4-6-16(7-5-15)17-8-10-18(11-9-17)24(32)27-13-19(29)12-20(27)22(30)25-21(14(2)28)23(31)26-33/h4-11,14,19-21,28-29,33H,3,12-13H2,1-2H3,(H,25,30)(H,26,31)/t14-,19?,20+,21+/m1/s1. The second-order valence-electron chi connectivity index (χ2n) is 8.19. The molecular weight excluding hydrogens is 426 g/mol. The van der Waals surface area contributed by atoms with Crippen LogP contribution in [0.25, 0.3) is 11.1 Å². The largest absolute Gasteiger partial charge is 0.391 e. The van der Waals surface area contributed by atoms with Crippen LogP contribution in [-0.4, -0.2) is 68.9 Å². The molecule has 176 valence electrons. The summed E-state index contributed by atoms with van der Waals surface area (Å²) in [7, 11) is 0. The van der Waals surface area contributed by atoms with Gasteiger partial charge in [-0.25, -0.2) is 5.48 Å². The molecule has 1 unspecified atom stereocenters. The molecule has 3 rings (SSSR count). The smallest absolute Gasteiger partial charge is 0.268 e. The molecule has 1 heterocycles. The van der Waals surface area contributed by atoms with Crippen LogP contribution in [0.4, 0.5) is 0 Å². The van der Waals surface area contributed by atoms with E-state index < -0.39 is 42.0 Å². The number of likely N-dealkylation sites (tertiary alicyclic amines) is 1. The van der Waals surface area contributed by atoms with Gasteiger partial charge in [0.1, 0.15) is 12.1 Å². The highest BCUT2D eigenvalue weighted by atomic mass is 16.5. The average molecular weight is 456 g/mol. The summed E-state index contributed by atoms with van der Waals surface area (Å²) in [4.78, 5) is 38.9. The molecule has 1 aliphatic rings. The summed E-state index contributed by atoms with van der Waals surface area (Å²) in [5, 5.41) is 31.0. The van der Waals surface area contributed by atoms with Crippen molar-refractivity contribution in [1.29, 1.82) is 0 Å². The second-order valence-corrected chi connectivity index (χ2v) is 8.19. The van der Waals surface area contributed by atoms with Crippen LogP contribution in [-0.2, 0) is 16.0 Å². The maximum absolute atomic E-state index is 13.1. The maximum atomic E-state index is 13.1. The van der Waals surface area contributed by atoms with Crippen LogP contribution in [0.15, 0.2) is 48.5 Å². The van der Waals surface area contributed by atoms with Gasteiger partial charge in [0.05, 0.1) is 12.2 Å². The first kappa shape index (κ1) is 24.4. The molecule has 1 fully saturated rings. The highest BCUT2D eigenvalue weighted by molar-refractivity contribution is 5.99. The molecule has 0 bridgehead atoms. The van der Waals surface area contributed by atoms with Crippen molar-refractivity contribution in [1.82, 2.24) is 15.7 Å². The van der Waals surface area contributed by atoms with Gasteiger partial charge in [0.25, 0.3) is 11.8 Å². The maximum Gasteiger partial charge on any atom is 0.268 e. The van der Waals surface area contributed by atoms with Gasteiger partial charge in [-0.15, -0.1) is 0 Å². The fraction of sp³-hybridized carbons (Fsp3) is 0.375. The van der Waals surface area contributed by atoms with Gasteiger partial charge >= 0.3 is 0 Å². The highest BCUT2D eigenvalue weighted by Gasteiger charge is 2.40. The summed E-state index contributed by atoms with van der Waals surface area (Å²) < 4.78 is 0. The van der Waals surface area contributed by atoms with Crippen molar-refractivity contribution in [2.24, 2.45) is 0 Å². The Kier molecular flexibility index (Phi) is 7.80. The third kappa shape index (κ3) is 5.57. The zero-order valence-corrected chi connectivity index (χ0v) is 18.6. The van der Waals surface area contributed by atoms with E-state index in [1.165, 1.54) is 22.9 Å². The van der Waals surface area contributed by atoms with E-state index in [1.54, 1.807) is 12.1 Å². The number of benzene rings is 2. The number of aliphatic hydroxyl groups is 2. The Hall–Kier alpha value is -3.27. The van der Waals surface area contributed by atoms with Gasteiger partial charge in [0, 0.05) is 18.5 Å². The Morgan fingerprint density at radius 2 is 1.64 bits per heavy atom. The minimum Gasteiger partial charge on any atom is -0.391 e. The van der Waals surface area contributed by atoms with Crippen molar-refractivity contribution >= 4 is 17.7 Å². The van der Waals surface area contributed by atoms with E-state index in [0.29, 0.717) is 5.56 Å². The summed E-state index contributed by atoms with van der Waals surface area (Å²) in [5.74, 6) is -2.13. The van der Waals surface area contributed by atoms with Gasteiger partial charge < -0.3 is 20.4 Å². The lowest BCUT2D eigenvalue weighted by Gasteiger charge is -2.26. The van der Waals surface area contributed by atoms with E-state index >= 15 is 0 Å². The predicted molar refractivity (Wildman–Crippen MR) is 120 cm³/mol. The van der Waals surface area contributed by atoms with Crippen LogP contribution in [0.1, 0.15) is 36.2 Å². The van der Waals surface area contributed by atoms with Crippen LogP contribution in [0, 0.1) is 0 Å². The number of carbonyl (C=O) groups excluding carboxylic acids is 3. The predicted octanol–water partition coefficient (Wildman–Crippen LogP) is 0.862. The number of rotatable bonds is 7. The fourth-order valence-electron chi connectivity index (χ4n) is 3.92. The number of hydrogen-bond acceptors (Lipinski definition) is 6. The number of aliphatic hydroxyl groups excluding tert-OH is 2. The summed E-state index contributed by atoms with van der Waals surface area (Å²) in [6.07, 6.45) is -1.24. The molecule has 33 heavy (non-hydrogen) atoms. The molecule has 9 nitrogen and oxygen atoms in total. The lowest BCUT2D eigenvalue weighted by atomic mass is 10.0. The number of hydroxylamine groups is 1. The first-order chi connectivity index (χ1) is 15.7. The molecule has 1 aliphatic heterocycles. The number of β-amino-alcohol motifs (C(OH)–C–C–N with tert-alkyl or cyclic N) is 1. The van der Waals surface area contributed by atoms with Gasteiger partial charge in [-0.1, -0.05) is 43.3 Å². The molecule has 0 radical (unpaired) electrons. The second kappa shape index (κ2) is 10.6. The van der Waals surface area contributed by atoms with E-state index in [1.807, 2.05) is 24.3 Å². The summed E-state index contributed by atoms with van der Waals surface area (Å²) in [6.45, 7) is 3.33. The first-order valence-electron chi connectivity index (χ1n) is 10.9. The molecule has 1 saturated heterocycles. The summed E-state index contributed by atoms with van der Waals surface area (Å²) >= 11 is 0. The molecular formula is C24H29N3O6. The SMILES string of the molecule is CCc1ccc(-c2ccc(C(=O)N3CC(O)C[C@H]3C(=O)N[C@H](C(=O)NO)[C@@H](C)O)cc2)cc1. The highest BCUT2D eigenvalue weighted by Crippen LogP contribution is 2.24. The number of nitrogens with one attached hydrogen (secondary N) is 2. The normalized spacial score (nSPS) is 19.6. The van der Waals surface area contributed by atoms with Crippen molar-refractivity contribution in [3.8, 4) is 11.1 Å². The van der Waals surface area contributed by atoms with Gasteiger partial charge in [0.15, 0.2) is 0 Å². The van der Waals surface area contributed by atoms with E-state index in [-0.39, 0.29) is 13.0 Å². The molecule has 4 atom stereocenters. The lowest BCUT2D eigenvalue weighted by molar-refractivity contribution is -0.138. The van der Waals surface area contributed by atoms with Crippen molar-refractivity contribution < 1.29 is 29.8 Å². The number of aryl methyl sites for hydroxylation is 1. The molecule has 0 saturated carbocycles. The topological polar surface area (TPSA) is 139 Å². The van der Waals surface area contributed by atoms with E-state index in [0.717, 1.165) is 17.5 Å². The Balaban J connectivity index is 1.75. The zero-order valence-electron chi connectivity index (χ0n) is 18.6. The van der Waals surface area contributed by atoms with Gasteiger partial charge in [0.2, 0.25) is 5.91 Å². The number of amides is 3. The molecule has 0 spiro atoms. The number of nitrogens with zero attached hydrogens (tertiary/aromatic N) is 1. The van der Waals surface area contributed by atoms with Crippen LogP contribution >= 0.6 is 0 Å². The quantitative estimate of drug-likeness (QED) is 0.310. The van der Waals surface area contributed by atoms with Gasteiger partial charge in [-0.05, 0) is 42.2 Å². The Morgan fingerprint density at radius 3 is 2.15 bits per heavy atom. The molecule has 9 heteroatoms. The minimum absolute atomic E-state index is 0.00723. The fourth-order valence-corrected chi connectivity index (χ4v) is 3.92. The molecule has 2 aromatic carbocycles. The van der Waals surface area contributed by atoms with Crippen LogP contribution in [0.2, 0.25) is 0 Å². The molecule has 0 aromatic heterocycles. The minimum atomic E-state index is -1.41. The van der Waals surface area contributed by atoms with Crippen LogP contribution in [0.5, 0.6) is 0 Å². The van der Waals surface area contributed by atoms with Gasteiger partial charge in [-0.2, -0.15) is 0 Å². The van der Waals surface area contributed by atoms with Crippen molar-refractivity contribution in [2.75, 3.05) is 6.54 Å². The summed E-state index contributed by atoms with van der Waals surface area (Å²) in [5.41, 5.74) is 4.95. The van der Waals surface area contributed by atoms with Crippen LogP contribution < -0.4 is 10.8 Å². The third-order valence-corrected chi connectivity index (χ3v) is 5.84. The summed E-state index contributed by atoms with van der Waals surface area (Å²) in [6, 6.07) is 12.7. The Bertz CT molecular complexity index is 990. The first-order valence-corrected chi connectivity index (χ1v) is 10.9. The number of carbonyl (C=O) groups is 3. The molecule has 5 N–H and O–H groups in total. The number of hydrogen-bond donors (Lipinski definition) is 5. The zero-order chi connectivity index (χ0) is 24.1. The molecule has 2 aromatic rings. The molecule has 0 aliphatic carbocycles. The lowest BCUT2D eigenvalue weighted by Crippen LogP contribution is -2.56. The van der Waals surface area contributed by atoms with Crippen molar-refractivity contribution in [2.45, 2.75) is 51.0 Å². The third-order valence-electron chi connectivity index (χ3n) is 5.84. The Morgan fingerprint density at radius 1 is 1.06 bits per heavy atom. The average Bonchev–Trinajstić information content (AvgIpc) is 3.23.